The molecule has 0 aliphatic carbocycles. The van der Waals surface area contributed by atoms with E-state index in [0.29, 0.717) is 0 Å². The van der Waals surface area contributed by atoms with Crippen LogP contribution in [0.2, 0.25) is 0 Å². The monoisotopic (exact) mass is 350 g/mol. The summed E-state index contributed by atoms with van der Waals surface area (Å²) in [5.41, 5.74) is 4.95. The predicted molar refractivity (Wildman–Crippen MR) is 106 cm³/mol. The van der Waals surface area contributed by atoms with Gasteiger partial charge in [-0.2, -0.15) is 0 Å². The van der Waals surface area contributed by atoms with Gasteiger partial charge in [-0.15, -0.1) is 11.8 Å². The second kappa shape index (κ2) is 8.13. The van der Waals surface area contributed by atoms with Crippen LogP contribution in [-0.4, -0.2) is 14.2 Å². The van der Waals surface area contributed by atoms with Crippen LogP contribution in [0.15, 0.2) is 71.6 Å². The number of rotatable bonds is 6. The van der Waals surface area contributed by atoms with Crippen molar-refractivity contribution in [3.05, 3.63) is 77.9 Å². The Hall–Kier alpha value is -2.39. The molecule has 3 heteroatoms. The van der Waals surface area contributed by atoms with Gasteiger partial charge in [-0.05, 0) is 60.0 Å². The molecular weight excluding hydrogens is 328 g/mol. The first-order valence-electron chi connectivity index (χ1n) is 8.20. The molecule has 0 N–H and O–H groups in total. The number of benzene rings is 3. The van der Waals surface area contributed by atoms with E-state index in [1.54, 1.807) is 14.2 Å². The van der Waals surface area contributed by atoms with E-state index in [1.807, 2.05) is 30.0 Å². The van der Waals surface area contributed by atoms with Crippen molar-refractivity contribution in [1.82, 2.24) is 0 Å². The molecule has 3 aromatic carbocycles. The van der Waals surface area contributed by atoms with Gasteiger partial charge in [-0.1, -0.05) is 35.9 Å². The summed E-state index contributed by atoms with van der Waals surface area (Å²) in [4.78, 5) is 1.27. The molecule has 0 aromatic heterocycles. The van der Waals surface area contributed by atoms with Crippen molar-refractivity contribution in [2.45, 2.75) is 17.6 Å². The van der Waals surface area contributed by atoms with Gasteiger partial charge in [0.15, 0.2) is 0 Å². The van der Waals surface area contributed by atoms with Crippen molar-refractivity contribution in [3.63, 3.8) is 0 Å². The van der Waals surface area contributed by atoms with E-state index in [9.17, 15) is 0 Å². The van der Waals surface area contributed by atoms with Gasteiger partial charge in [0.05, 0.1) is 14.2 Å². The summed E-state index contributed by atoms with van der Waals surface area (Å²) >= 11 is 1.84. The molecular formula is C22H22O2S. The molecule has 0 heterocycles. The Morgan fingerprint density at radius 3 is 2.04 bits per heavy atom. The van der Waals surface area contributed by atoms with E-state index in [4.69, 9.17) is 9.47 Å². The highest BCUT2D eigenvalue weighted by Gasteiger charge is 2.08. The van der Waals surface area contributed by atoms with Crippen molar-refractivity contribution in [1.29, 1.82) is 0 Å². The van der Waals surface area contributed by atoms with Gasteiger partial charge in [0.1, 0.15) is 11.5 Å². The summed E-state index contributed by atoms with van der Waals surface area (Å²) in [7, 11) is 3.39. The Kier molecular flexibility index (Phi) is 5.67. The van der Waals surface area contributed by atoms with Crippen LogP contribution in [0, 0.1) is 6.92 Å². The van der Waals surface area contributed by atoms with Crippen LogP contribution in [0.3, 0.4) is 0 Å². The van der Waals surface area contributed by atoms with Crippen molar-refractivity contribution in [2.75, 3.05) is 14.2 Å². The number of ether oxygens (including phenoxy) is 2. The molecule has 0 spiro atoms. The van der Waals surface area contributed by atoms with Crippen LogP contribution < -0.4 is 9.47 Å². The van der Waals surface area contributed by atoms with Crippen molar-refractivity contribution in [3.8, 4) is 22.6 Å². The highest BCUT2D eigenvalue weighted by molar-refractivity contribution is 7.98. The quantitative estimate of drug-likeness (QED) is 0.510. The fourth-order valence-electron chi connectivity index (χ4n) is 2.66. The molecule has 0 aliphatic rings. The van der Waals surface area contributed by atoms with Gasteiger partial charge < -0.3 is 9.47 Å². The second-order valence-electron chi connectivity index (χ2n) is 5.85. The molecule has 0 atom stereocenters. The van der Waals surface area contributed by atoms with Gasteiger partial charge in [0.25, 0.3) is 0 Å². The highest BCUT2D eigenvalue weighted by Crippen LogP contribution is 2.33. The lowest BCUT2D eigenvalue weighted by molar-refractivity contribution is 0.414. The third-order valence-corrected chi connectivity index (χ3v) is 5.19. The van der Waals surface area contributed by atoms with Crippen LogP contribution >= 0.6 is 11.8 Å². The summed E-state index contributed by atoms with van der Waals surface area (Å²) in [5, 5.41) is 0. The third kappa shape index (κ3) is 4.37. The third-order valence-electron chi connectivity index (χ3n) is 4.13. The van der Waals surface area contributed by atoms with E-state index in [2.05, 4.69) is 55.5 Å². The van der Waals surface area contributed by atoms with Crippen LogP contribution in [0.4, 0.5) is 0 Å². The Morgan fingerprint density at radius 1 is 0.760 bits per heavy atom. The molecule has 2 nitrogen and oxygen atoms in total. The van der Waals surface area contributed by atoms with Crippen LogP contribution in [0.25, 0.3) is 11.1 Å². The molecule has 0 saturated heterocycles. The molecule has 128 valence electrons. The second-order valence-corrected chi connectivity index (χ2v) is 6.90. The summed E-state index contributed by atoms with van der Waals surface area (Å²) in [6, 6.07) is 23.1. The Labute approximate surface area is 153 Å². The van der Waals surface area contributed by atoms with Gasteiger partial charge in [-0.25, -0.2) is 0 Å². The molecule has 0 amide bonds. The van der Waals surface area contributed by atoms with E-state index < -0.39 is 0 Å². The number of methoxy groups -OCH3 is 2. The zero-order valence-corrected chi connectivity index (χ0v) is 15.6. The first kappa shape index (κ1) is 17.4. The average Bonchev–Trinajstić information content (AvgIpc) is 2.67. The number of aryl methyl sites for hydroxylation is 1. The first-order chi connectivity index (χ1) is 12.2. The first-order valence-corrected chi connectivity index (χ1v) is 9.19. The lowest BCUT2D eigenvalue weighted by Crippen LogP contribution is -1.91. The molecule has 0 unspecified atom stereocenters. The Balaban J connectivity index is 1.88. The SMILES string of the molecule is COc1ccc(-c2ccc(OC)cc2CSc2ccc(C)cc2)cc1. The molecule has 0 fully saturated rings. The summed E-state index contributed by atoms with van der Waals surface area (Å²) in [5.74, 6) is 2.64. The van der Waals surface area contributed by atoms with Crippen LogP contribution in [0.1, 0.15) is 11.1 Å². The maximum absolute atomic E-state index is 5.42. The number of thioether (sulfide) groups is 1. The Bertz CT molecular complexity index is 824. The molecule has 0 saturated carbocycles. The molecule has 3 rings (SSSR count). The lowest BCUT2D eigenvalue weighted by atomic mass is 10.0. The fraction of sp³-hybridized carbons (Fsp3) is 0.182. The van der Waals surface area contributed by atoms with Gasteiger partial charge in [0.2, 0.25) is 0 Å². The lowest BCUT2D eigenvalue weighted by Gasteiger charge is -2.12. The number of hydrogen-bond donors (Lipinski definition) is 0. The summed E-state index contributed by atoms with van der Waals surface area (Å²) in [6.45, 7) is 2.11. The minimum absolute atomic E-state index is 0.868. The highest BCUT2D eigenvalue weighted by atomic mass is 32.2. The van der Waals surface area contributed by atoms with Crippen molar-refractivity contribution >= 4 is 11.8 Å². The molecule has 0 bridgehead atoms. The zero-order chi connectivity index (χ0) is 17.6. The smallest absolute Gasteiger partial charge is 0.119 e. The molecule has 0 radical (unpaired) electrons. The Morgan fingerprint density at radius 2 is 1.40 bits per heavy atom. The maximum atomic E-state index is 5.42. The molecule has 0 aliphatic heterocycles. The summed E-state index contributed by atoms with van der Waals surface area (Å²) < 4.78 is 10.7. The van der Waals surface area contributed by atoms with Gasteiger partial charge in [0, 0.05) is 10.6 Å². The van der Waals surface area contributed by atoms with E-state index >= 15 is 0 Å². The van der Waals surface area contributed by atoms with E-state index in [1.165, 1.54) is 27.1 Å². The normalized spacial score (nSPS) is 10.5. The van der Waals surface area contributed by atoms with Crippen LogP contribution in [0.5, 0.6) is 11.5 Å². The van der Waals surface area contributed by atoms with Crippen molar-refractivity contribution in [2.24, 2.45) is 0 Å². The maximum Gasteiger partial charge on any atom is 0.119 e. The fourth-order valence-corrected chi connectivity index (χ4v) is 3.55. The predicted octanol–water partition coefficient (Wildman–Crippen LogP) is 5.97. The van der Waals surface area contributed by atoms with E-state index in [-0.39, 0.29) is 0 Å². The standard InChI is InChI=1S/C22H22O2S/c1-16-4-11-21(12-5-16)25-15-18-14-20(24-3)10-13-22(18)17-6-8-19(23-2)9-7-17/h4-14H,15H2,1-3H3. The molecule has 3 aromatic rings. The average molecular weight is 350 g/mol. The minimum atomic E-state index is 0.868. The largest absolute Gasteiger partial charge is 0.497 e. The number of hydrogen-bond acceptors (Lipinski definition) is 3. The zero-order valence-electron chi connectivity index (χ0n) is 14.8. The van der Waals surface area contributed by atoms with Crippen LogP contribution in [-0.2, 0) is 5.75 Å². The minimum Gasteiger partial charge on any atom is -0.497 e. The molecule has 25 heavy (non-hydrogen) atoms. The van der Waals surface area contributed by atoms with E-state index in [0.717, 1.165) is 17.3 Å². The topological polar surface area (TPSA) is 18.5 Å². The van der Waals surface area contributed by atoms with Gasteiger partial charge >= 0.3 is 0 Å². The van der Waals surface area contributed by atoms with Gasteiger partial charge in [-0.3, -0.25) is 0 Å². The summed E-state index contributed by atoms with van der Waals surface area (Å²) in [6.07, 6.45) is 0. The van der Waals surface area contributed by atoms with Crippen molar-refractivity contribution < 1.29 is 9.47 Å².